The van der Waals surface area contributed by atoms with E-state index in [4.69, 9.17) is 0 Å². The molecule has 0 saturated carbocycles. The third kappa shape index (κ3) is 5.83. The van der Waals surface area contributed by atoms with Crippen molar-refractivity contribution in [2.45, 2.75) is 41.0 Å². The molecule has 0 aliphatic rings. The summed E-state index contributed by atoms with van der Waals surface area (Å²) in [5, 5.41) is 0. The second kappa shape index (κ2) is 11.0. The highest BCUT2D eigenvalue weighted by atomic mass is 16.1. The van der Waals surface area contributed by atoms with Crippen LogP contribution in [-0.4, -0.2) is 5.78 Å². The van der Waals surface area contributed by atoms with Gasteiger partial charge in [0.05, 0.1) is 0 Å². The summed E-state index contributed by atoms with van der Waals surface area (Å²) < 4.78 is 0. The number of Topliss-reactive ketones (excluding diaryl/α,β-unsaturated/α-hetero) is 1. The van der Waals surface area contributed by atoms with Crippen molar-refractivity contribution in [3.8, 4) is 0 Å². The zero-order chi connectivity index (χ0) is 15.4. The van der Waals surface area contributed by atoms with Crippen molar-refractivity contribution >= 4 is 5.78 Å². The minimum atomic E-state index is 0.131. The second-order valence-electron chi connectivity index (χ2n) is 3.88. The standard InChI is InChI=1S/C15H14O.2C2H6/c1-12(16)15-10-6-5-9-14(15)11-13-7-3-2-4-8-13;2*1-2/h2-10H,11H2,1H3;2*1-2H3. The van der Waals surface area contributed by atoms with E-state index in [0.29, 0.717) is 0 Å². The number of rotatable bonds is 3. The summed E-state index contributed by atoms with van der Waals surface area (Å²) in [4.78, 5) is 11.5. The Kier molecular flexibility index (Phi) is 9.94. The fraction of sp³-hybridized carbons (Fsp3) is 0.316. The van der Waals surface area contributed by atoms with E-state index < -0.39 is 0 Å². The van der Waals surface area contributed by atoms with Crippen LogP contribution < -0.4 is 0 Å². The predicted octanol–water partition coefficient (Wildman–Crippen LogP) is 5.53. The summed E-state index contributed by atoms with van der Waals surface area (Å²) in [5.41, 5.74) is 3.16. The van der Waals surface area contributed by atoms with E-state index >= 15 is 0 Å². The Bertz CT molecular complexity index is 486. The molecule has 108 valence electrons. The third-order valence-corrected chi connectivity index (χ3v) is 2.63. The van der Waals surface area contributed by atoms with Gasteiger partial charge in [-0.05, 0) is 24.5 Å². The SMILES string of the molecule is CC.CC.CC(=O)c1ccccc1Cc1ccccc1. The van der Waals surface area contributed by atoms with Crippen molar-refractivity contribution in [3.05, 3.63) is 71.3 Å². The van der Waals surface area contributed by atoms with Crippen molar-refractivity contribution in [3.63, 3.8) is 0 Å². The lowest BCUT2D eigenvalue weighted by Gasteiger charge is -2.06. The fourth-order valence-electron chi connectivity index (χ4n) is 1.83. The molecule has 0 amide bonds. The molecule has 0 aliphatic heterocycles. The van der Waals surface area contributed by atoms with E-state index in [9.17, 15) is 4.79 Å². The number of hydrogen-bond donors (Lipinski definition) is 0. The smallest absolute Gasteiger partial charge is 0.160 e. The second-order valence-corrected chi connectivity index (χ2v) is 3.88. The Morgan fingerprint density at radius 1 is 0.800 bits per heavy atom. The van der Waals surface area contributed by atoms with Crippen LogP contribution in [0.5, 0.6) is 0 Å². The summed E-state index contributed by atoms with van der Waals surface area (Å²) in [5.74, 6) is 0.131. The van der Waals surface area contributed by atoms with Gasteiger partial charge in [0.15, 0.2) is 5.78 Å². The van der Waals surface area contributed by atoms with Gasteiger partial charge in [-0.15, -0.1) is 0 Å². The van der Waals surface area contributed by atoms with Crippen LogP contribution in [0.25, 0.3) is 0 Å². The summed E-state index contributed by atoms with van der Waals surface area (Å²) >= 11 is 0. The van der Waals surface area contributed by atoms with Crippen molar-refractivity contribution in [2.24, 2.45) is 0 Å². The molecule has 0 aliphatic carbocycles. The Balaban J connectivity index is 0.000000829. The van der Waals surface area contributed by atoms with Gasteiger partial charge in [0.2, 0.25) is 0 Å². The van der Waals surface area contributed by atoms with Crippen LogP contribution in [-0.2, 0) is 6.42 Å². The van der Waals surface area contributed by atoms with Gasteiger partial charge < -0.3 is 0 Å². The third-order valence-electron chi connectivity index (χ3n) is 2.63. The Morgan fingerprint density at radius 3 is 1.85 bits per heavy atom. The van der Waals surface area contributed by atoms with Crippen LogP contribution in [0.1, 0.15) is 56.1 Å². The zero-order valence-electron chi connectivity index (χ0n) is 13.3. The highest BCUT2D eigenvalue weighted by molar-refractivity contribution is 5.95. The summed E-state index contributed by atoms with van der Waals surface area (Å²) in [7, 11) is 0. The van der Waals surface area contributed by atoms with E-state index in [0.717, 1.165) is 17.5 Å². The van der Waals surface area contributed by atoms with Gasteiger partial charge in [-0.2, -0.15) is 0 Å². The van der Waals surface area contributed by atoms with Crippen LogP contribution in [0.4, 0.5) is 0 Å². The van der Waals surface area contributed by atoms with Gasteiger partial charge in [-0.3, -0.25) is 4.79 Å². The molecular weight excluding hydrogens is 244 g/mol. The number of carbonyl (C=O) groups is 1. The highest BCUT2D eigenvalue weighted by Gasteiger charge is 2.06. The average Bonchev–Trinajstić information content (AvgIpc) is 2.52. The van der Waals surface area contributed by atoms with Gasteiger partial charge in [0, 0.05) is 5.56 Å². The summed E-state index contributed by atoms with van der Waals surface area (Å²) in [6, 6.07) is 18.0. The van der Waals surface area contributed by atoms with Crippen LogP contribution in [0, 0.1) is 0 Å². The molecule has 0 fully saturated rings. The van der Waals surface area contributed by atoms with Gasteiger partial charge >= 0.3 is 0 Å². The van der Waals surface area contributed by atoms with E-state index in [1.807, 2.05) is 70.2 Å². The normalized spacial score (nSPS) is 8.65. The molecule has 1 nitrogen and oxygen atoms in total. The van der Waals surface area contributed by atoms with Gasteiger partial charge in [0.1, 0.15) is 0 Å². The first kappa shape index (κ1) is 18.1. The molecule has 0 saturated heterocycles. The monoisotopic (exact) mass is 270 g/mol. The minimum absolute atomic E-state index is 0.131. The fourth-order valence-corrected chi connectivity index (χ4v) is 1.83. The van der Waals surface area contributed by atoms with Gasteiger partial charge in [-0.25, -0.2) is 0 Å². The molecule has 1 heteroatoms. The molecule has 0 bridgehead atoms. The molecule has 0 unspecified atom stereocenters. The maximum Gasteiger partial charge on any atom is 0.160 e. The Morgan fingerprint density at radius 2 is 1.30 bits per heavy atom. The molecule has 20 heavy (non-hydrogen) atoms. The van der Waals surface area contributed by atoms with Crippen LogP contribution in [0.2, 0.25) is 0 Å². The van der Waals surface area contributed by atoms with Crippen molar-refractivity contribution in [1.82, 2.24) is 0 Å². The molecule has 0 aromatic heterocycles. The van der Waals surface area contributed by atoms with E-state index in [1.165, 1.54) is 5.56 Å². The first-order valence-corrected chi connectivity index (χ1v) is 7.40. The first-order chi connectivity index (χ1) is 9.77. The lowest BCUT2D eigenvalue weighted by atomic mass is 9.98. The van der Waals surface area contributed by atoms with Crippen LogP contribution >= 0.6 is 0 Å². The van der Waals surface area contributed by atoms with Gasteiger partial charge in [0.25, 0.3) is 0 Å². The molecule has 0 heterocycles. The Labute approximate surface area is 123 Å². The Hall–Kier alpha value is -1.89. The van der Waals surface area contributed by atoms with Crippen molar-refractivity contribution in [1.29, 1.82) is 0 Å². The molecule has 0 radical (unpaired) electrons. The van der Waals surface area contributed by atoms with Crippen LogP contribution in [0.15, 0.2) is 54.6 Å². The van der Waals surface area contributed by atoms with Crippen molar-refractivity contribution < 1.29 is 4.79 Å². The molecule has 0 spiro atoms. The molecule has 0 N–H and O–H groups in total. The van der Waals surface area contributed by atoms with Crippen molar-refractivity contribution in [2.75, 3.05) is 0 Å². The number of carbonyl (C=O) groups excluding carboxylic acids is 1. The molecule has 2 rings (SSSR count). The minimum Gasteiger partial charge on any atom is -0.295 e. The number of ketones is 1. The maximum atomic E-state index is 11.5. The average molecular weight is 270 g/mol. The zero-order valence-corrected chi connectivity index (χ0v) is 13.3. The highest BCUT2D eigenvalue weighted by Crippen LogP contribution is 2.14. The van der Waals surface area contributed by atoms with E-state index in [1.54, 1.807) is 6.92 Å². The number of benzene rings is 2. The molecular formula is C19H26O. The van der Waals surface area contributed by atoms with E-state index in [-0.39, 0.29) is 5.78 Å². The first-order valence-electron chi connectivity index (χ1n) is 7.40. The molecule has 0 atom stereocenters. The predicted molar refractivity (Wildman–Crippen MR) is 88.4 cm³/mol. The molecule has 2 aromatic rings. The quantitative estimate of drug-likeness (QED) is 0.670. The largest absolute Gasteiger partial charge is 0.295 e. The van der Waals surface area contributed by atoms with Crippen LogP contribution in [0.3, 0.4) is 0 Å². The lowest BCUT2D eigenvalue weighted by molar-refractivity contribution is 0.101. The topological polar surface area (TPSA) is 17.1 Å². The lowest BCUT2D eigenvalue weighted by Crippen LogP contribution is -1.99. The number of hydrogen-bond acceptors (Lipinski definition) is 1. The van der Waals surface area contributed by atoms with Gasteiger partial charge in [-0.1, -0.05) is 82.3 Å². The maximum absolute atomic E-state index is 11.5. The summed E-state index contributed by atoms with van der Waals surface area (Å²) in [6.07, 6.45) is 0.816. The summed E-state index contributed by atoms with van der Waals surface area (Å²) in [6.45, 7) is 9.61. The molecule has 2 aromatic carbocycles. The van der Waals surface area contributed by atoms with E-state index in [2.05, 4.69) is 12.1 Å².